The van der Waals surface area contributed by atoms with Gasteiger partial charge in [-0.3, -0.25) is 10.1 Å². The quantitative estimate of drug-likeness (QED) is 0.587. The number of hydrogen-bond acceptors (Lipinski definition) is 5. The Morgan fingerprint density at radius 1 is 1.19 bits per heavy atom. The lowest BCUT2D eigenvalue weighted by Crippen LogP contribution is -2.24. The van der Waals surface area contributed by atoms with Crippen LogP contribution in [0.3, 0.4) is 0 Å². The van der Waals surface area contributed by atoms with Gasteiger partial charge >= 0.3 is 6.03 Å². The summed E-state index contributed by atoms with van der Waals surface area (Å²) in [5.74, 6) is 0.625. The van der Waals surface area contributed by atoms with E-state index >= 15 is 0 Å². The van der Waals surface area contributed by atoms with Crippen LogP contribution in [-0.4, -0.2) is 36.8 Å². The number of benzene rings is 2. The van der Waals surface area contributed by atoms with Crippen molar-refractivity contribution in [3.8, 4) is 11.5 Å². The monoisotopic (exact) mass is 407 g/mol. The minimum Gasteiger partial charge on any atom is -0.493 e. The molecule has 0 atom stereocenters. The van der Waals surface area contributed by atoms with Gasteiger partial charge in [0.05, 0.1) is 13.3 Å². The van der Waals surface area contributed by atoms with Crippen LogP contribution in [0.5, 0.6) is 11.5 Å². The molecule has 1 fully saturated rings. The largest absolute Gasteiger partial charge is 0.493 e. The van der Waals surface area contributed by atoms with Crippen LogP contribution in [0.25, 0.3) is 0 Å². The van der Waals surface area contributed by atoms with Crippen LogP contribution in [0.15, 0.2) is 41.5 Å². The summed E-state index contributed by atoms with van der Waals surface area (Å²) in [6, 6.07) is 9.81. The zero-order chi connectivity index (χ0) is 19.4. The lowest BCUT2D eigenvalue weighted by Gasteiger charge is -2.12. The average molecular weight is 408 g/mol. The number of rotatable bonds is 6. The first-order chi connectivity index (χ1) is 13.0. The molecule has 0 radical (unpaired) electrons. The first-order valence-corrected chi connectivity index (χ1v) is 8.62. The second kappa shape index (κ2) is 8.28. The van der Waals surface area contributed by atoms with Gasteiger partial charge in [0, 0.05) is 15.6 Å². The Labute approximate surface area is 165 Å². The maximum atomic E-state index is 11.5. The molecule has 9 heteroatoms. The molecule has 0 unspecified atom stereocenters. The highest BCUT2D eigenvalue weighted by atomic mass is 35.5. The summed E-state index contributed by atoms with van der Waals surface area (Å²) in [6.45, 7) is 0.144. The van der Waals surface area contributed by atoms with Crippen molar-refractivity contribution < 1.29 is 19.1 Å². The first kappa shape index (κ1) is 19.0. The minimum absolute atomic E-state index is 0.102. The SMILES string of the molecule is COc1cc(/C=N\N2CC(=O)NC2=O)ccc1OCc1ccc(Cl)cc1Cl. The molecule has 2 aromatic carbocycles. The van der Waals surface area contributed by atoms with Gasteiger partial charge in [-0.25, -0.2) is 9.80 Å². The van der Waals surface area contributed by atoms with Crippen molar-refractivity contribution in [1.82, 2.24) is 10.3 Å². The van der Waals surface area contributed by atoms with Gasteiger partial charge in [-0.05, 0) is 35.9 Å². The molecule has 0 aliphatic carbocycles. The summed E-state index contributed by atoms with van der Waals surface area (Å²) in [4.78, 5) is 22.6. The lowest BCUT2D eigenvalue weighted by molar-refractivity contribution is -0.118. The zero-order valence-corrected chi connectivity index (χ0v) is 15.8. The van der Waals surface area contributed by atoms with Crippen LogP contribution in [0.2, 0.25) is 10.0 Å². The van der Waals surface area contributed by atoms with Crippen molar-refractivity contribution in [2.24, 2.45) is 5.10 Å². The highest BCUT2D eigenvalue weighted by Crippen LogP contribution is 2.29. The van der Waals surface area contributed by atoms with E-state index in [1.807, 2.05) is 0 Å². The number of nitrogens with one attached hydrogen (secondary N) is 1. The minimum atomic E-state index is -0.553. The summed E-state index contributed by atoms with van der Waals surface area (Å²) in [5.41, 5.74) is 1.47. The molecule has 0 bridgehead atoms. The van der Waals surface area contributed by atoms with Gasteiger partial charge in [-0.1, -0.05) is 29.3 Å². The van der Waals surface area contributed by atoms with E-state index in [0.29, 0.717) is 27.1 Å². The van der Waals surface area contributed by atoms with Gasteiger partial charge in [0.1, 0.15) is 13.2 Å². The molecule has 1 aliphatic heterocycles. The van der Waals surface area contributed by atoms with E-state index in [0.717, 1.165) is 10.6 Å². The van der Waals surface area contributed by atoms with E-state index in [4.69, 9.17) is 32.7 Å². The Morgan fingerprint density at radius 3 is 2.67 bits per heavy atom. The normalized spacial score (nSPS) is 14.0. The van der Waals surface area contributed by atoms with Gasteiger partial charge in [0.25, 0.3) is 0 Å². The highest BCUT2D eigenvalue weighted by Gasteiger charge is 2.25. The number of carbonyl (C=O) groups excluding carboxylic acids is 2. The number of methoxy groups -OCH3 is 1. The third-order valence-corrected chi connectivity index (χ3v) is 4.29. The Balaban J connectivity index is 1.70. The molecule has 3 amide bonds. The van der Waals surface area contributed by atoms with E-state index < -0.39 is 6.03 Å². The number of amides is 3. The highest BCUT2D eigenvalue weighted by molar-refractivity contribution is 6.35. The summed E-state index contributed by atoms with van der Waals surface area (Å²) in [5, 5.41) is 8.25. The molecular formula is C18H15Cl2N3O4. The average Bonchev–Trinajstić information content (AvgIpc) is 2.97. The number of nitrogens with zero attached hydrogens (tertiary/aromatic N) is 2. The van der Waals surface area contributed by atoms with E-state index in [1.165, 1.54) is 13.3 Å². The van der Waals surface area contributed by atoms with Crippen molar-refractivity contribution in [3.63, 3.8) is 0 Å². The molecule has 27 heavy (non-hydrogen) atoms. The second-order valence-electron chi connectivity index (χ2n) is 5.59. The number of ether oxygens (including phenoxy) is 2. The summed E-state index contributed by atoms with van der Waals surface area (Å²) in [7, 11) is 1.52. The summed E-state index contributed by atoms with van der Waals surface area (Å²) in [6.07, 6.45) is 1.46. The molecule has 7 nitrogen and oxygen atoms in total. The maximum Gasteiger partial charge on any atom is 0.344 e. The summed E-state index contributed by atoms with van der Waals surface area (Å²) >= 11 is 12.0. The smallest absolute Gasteiger partial charge is 0.344 e. The molecule has 1 heterocycles. The number of imide groups is 1. The Bertz CT molecular complexity index is 917. The van der Waals surface area contributed by atoms with E-state index in [1.54, 1.807) is 36.4 Å². The van der Waals surface area contributed by atoms with Crippen LogP contribution in [0.4, 0.5) is 4.79 Å². The van der Waals surface area contributed by atoms with Crippen LogP contribution < -0.4 is 14.8 Å². The van der Waals surface area contributed by atoms with E-state index in [9.17, 15) is 9.59 Å². The Morgan fingerprint density at radius 2 is 2.00 bits per heavy atom. The van der Waals surface area contributed by atoms with Gasteiger partial charge in [0.15, 0.2) is 11.5 Å². The molecule has 0 saturated carbocycles. The molecule has 1 N–H and O–H groups in total. The fourth-order valence-electron chi connectivity index (χ4n) is 2.34. The third-order valence-electron chi connectivity index (χ3n) is 3.71. The molecule has 2 aromatic rings. The molecule has 1 saturated heterocycles. The Kier molecular flexibility index (Phi) is 5.83. The van der Waals surface area contributed by atoms with Gasteiger partial charge in [-0.2, -0.15) is 5.10 Å². The van der Waals surface area contributed by atoms with E-state index in [-0.39, 0.29) is 19.1 Å². The van der Waals surface area contributed by atoms with Crippen molar-refractivity contribution in [2.45, 2.75) is 6.61 Å². The number of halogens is 2. The first-order valence-electron chi connectivity index (χ1n) is 7.86. The topological polar surface area (TPSA) is 80.2 Å². The predicted octanol–water partition coefficient (Wildman–Crippen LogP) is 3.47. The number of hydrazone groups is 1. The standard InChI is InChI=1S/C18H15Cl2N3O4/c1-26-16-6-11(8-21-23-9-17(24)22-18(23)25)2-5-15(16)27-10-12-3-4-13(19)7-14(12)20/h2-8H,9-10H2,1H3,(H,22,24,25)/b21-8-. The number of carbonyl (C=O) groups is 2. The number of urea groups is 1. The Hall–Kier alpha value is -2.77. The summed E-state index contributed by atoms with van der Waals surface area (Å²) < 4.78 is 11.1. The molecular weight excluding hydrogens is 393 g/mol. The molecule has 140 valence electrons. The van der Waals surface area contributed by atoms with Crippen LogP contribution in [0, 0.1) is 0 Å². The van der Waals surface area contributed by atoms with Crippen molar-refractivity contribution in [3.05, 3.63) is 57.6 Å². The lowest BCUT2D eigenvalue weighted by atomic mass is 10.2. The van der Waals surface area contributed by atoms with E-state index in [2.05, 4.69) is 10.4 Å². The molecule has 0 spiro atoms. The van der Waals surface area contributed by atoms with Crippen LogP contribution in [-0.2, 0) is 11.4 Å². The fraction of sp³-hybridized carbons (Fsp3) is 0.167. The van der Waals surface area contributed by atoms with Gasteiger partial charge in [0.2, 0.25) is 5.91 Å². The zero-order valence-electron chi connectivity index (χ0n) is 14.2. The molecule has 3 rings (SSSR count). The molecule has 0 aromatic heterocycles. The van der Waals surface area contributed by atoms with Gasteiger partial charge < -0.3 is 9.47 Å². The van der Waals surface area contributed by atoms with Crippen LogP contribution >= 0.6 is 23.2 Å². The van der Waals surface area contributed by atoms with Crippen molar-refractivity contribution >= 4 is 41.4 Å². The van der Waals surface area contributed by atoms with Crippen molar-refractivity contribution in [2.75, 3.05) is 13.7 Å². The van der Waals surface area contributed by atoms with Crippen molar-refractivity contribution in [1.29, 1.82) is 0 Å². The van der Waals surface area contributed by atoms with Crippen LogP contribution in [0.1, 0.15) is 11.1 Å². The third kappa shape index (κ3) is 4.69. The second-order valence-corrected chi connectivity index (χ2v) is 6.43. The molecule has 1 aliphatic rings. The maximum absolute atomic E-state index is 11.5. The predicted molar refractivity (Wildman–Crippen MR) is 102 cm³/mol. The number of hydrogen-bond donors (Lipinski definition) is 1. The fourth-order valence-corrected chi connectivity index (χ4v) is 2.80. The van der Waals surface area contributed by atoms with Gasteiger partial charge in [-0.15, -0.1) is 0 Å².